The van der Waals surface area contributed by atoms with E-state index in [4.69, 9.17) is 19.2 Å². The lowest BCUT2D eigenvalue weighted by Crippen LogP contribution is -2.25. The van der Waals surface area contributed by atoms with Crippen LogP contribution in [0.1, 0.15) is 19.8 Å². The number of methoxy groups -OCH3 is 3. The topological polar surface area (TPSA) is 98.2 Å². The largest absolute Gasteiger partial charge is 0.497 e. The molecule has 9 heteroatoms. The van der Waals surface area contributed by atoms with Crippen molar-refractivity contribution in [3.05, 3.63) is 54.2 Å². The summed E-state index contributed by atoms with van der Waals surface area (Å²) in [4.78, 5) is 29.7. The normalized spacial score (nSPS) is 13.3. The molecular formula is C24H27N3O5S. The van der Waals surface area contributed by atoms with Crippen LogP contribution in [-0.4, -0.2) is 43.5 Å². The van der Waals surface area contributed by atoms with Gasteiger partial charge in [0.2, 0.25) is 5.91 Å². The highest BCUT2D eigenvalue weighted by Crippen LogP contribution is 2.33. The number of thioether (sulfide) groups is 1. The maximum atomic E-state index is 13.1. The predicted octanol–water partition coefficient (Wildman–Crippen LogP) is 4.76. The average Bonchev–Trinajstić information content (AvgIpc) is 3.00. The van der Waals surface area contributed by atoms with Crippen LogP contribution in [0.3, 0.4) is 0 Å². The van der Waals surface area contributed by atoms with E-state index in [0.717, 1.165) is 11.4 Å². The smallest absolute Gasteiger partial charge is 0.311 e. The van der Waals surface area contributed by atoms with Gasteiger partial charge in [-0.2, -0.15) is 0 Å². The van der Waals surface area contributed by atoms with E-state index in [1.165, 1.54) is 18.9 Å². The van der Waals surface area contributed by atoms with Crippen molar-refractivity contribution in [3.63, 3.8) is 0 Å². The van der Waals surface area contributed by atoms with Crippen molar-refractivity contribution in [3.8, 4) is 11.5 Å². The third-order valence-electron chi connectivity index (χ3n) is 4.84. The highest BCUT2D eigenvalue weighted by Gasteiger charge is 2.22. The molecule has 0 aromatic heterocycles. The van der Waals surface area contributed by atoms with Gasteiger partial charge >= 0.3 is 5.97 Å². The summed E-state index contributed by atoms with van der Waals surface area (Å²) >= 11 is 1.34. The van der Waals surface area contributed by atoms with Crippen molar-refractivity contribution >= 4 is 45.7 Å². The molecule has 3 rings (SSSR count). The lowest BCUT2D eigenvalue weighted by Gasteiger charge is -2.16. The van der Waals surface area contributed by atoms with Crippen molar-refractivity contribution in [1.82, 2.24) is 0 Å². The third kappa shape index (κ3) is 6.52. The molecule has 174 valence electrons. The number of anilines is 2. The van der Waals surface area contributed by atoms with E-state index in [-0.39, 0.29) is 18.3 Å². The van der Waals surface area contributed by atoms with Gasteiger partial charge in [-0.15, -0.1) is 0 Å². The fourth-order valence-corrected chi connectivity index (χ4v) is 4.13. The van der Waals surface area contributed by atoms with Crippen molar-refractivity contribution < 1.29 is 23.8 Å². The first-order chi connectivity index (χ1) is 15.9. The zero-order valence-electron chi connectivity index (χ0n) is 19.0. The molecule has 1 amide bonds. The molecule has 33 heavy (non-hydrogen) atoms. The second-order valence-electron chi connectivity index (χ2n) is 7.12. The lowest BCUT2D eigenvalue weighted by atomic mass is 10.2. The van der Waals surface area contributed by atoms with Crippen LogP contribution in [0.15, 0.2) is 59.2 Å². The Kier molecular flexibility index (Phi) is 8.37. The standard InChI is InChI=1S/C24H27N3O5S/c1-5-21(24(29)26-15-10-17(30-2)14-18(11-15)31-3)33-22-12-16(13-23(28)32-4)25-19-8-6-7-9-20(19)27-22/h6-12,14,21,25H,5,13H2,1-4H3,(H,26,29)/t21-/m1/s1. The first-order valence-corrected chi connectivity index (χ1v) is 11.3. The van der Waals surface area contributed by atoms with Gasteiger partial charge in [0.1, 0.15) is 11.5 Å². The summed E-state index contributed by atoms with van der Waals surface area (Å²) in [7, 11) is 4.46. The number of hydrogen-bond donors (Lipinski definition) is 2. The molecule has 0 unspecified atom stereocenters. The number of carbonyl (C=O) groups excluding carboxylic acids is 2. The second-order valence-corrected chi connectivity index (χ2v) is 8.34. The highest BCUT2D eigenvalue weighted by atomic mass is 32.2. The van der Waals surface area contributed by atoms with E-state index in [0.29, 0.717) is 34.3 Å². The number of esters is 1. The maximum absolute atomic E-state index is 13.1. The van der Waals surface area contributed by atoms with Gasteiger partial charge in [0.15, 0.2) is 0 Å². The number of rotatable bonds is 8. The number of carbonyl (C=O) groups is 2. The molecule has 0 bridgehead atoms. The molecule has 2 aromatic carbocycles. The summed E-state index contributed by atoms with van der Waals surface area (Å²) < 4.78 is 15.4. The zero-order valence-corrected chi connectivity index (χ0v) is 19.8. The Morgan fingerprint density at radius 2 is 1.79 bits per heavy atom. The minimum Gasteiger partial charge on any atom is -0.497 e. The van der Waals surface area contributed by atoms with E-state index in [1.54, 1.807) is 38.5 Å². The fourth-order valence-electron chi connectivity index (χ4n) is 3.14. The van der Waals surface area contributed by atoms with E-state index in [9.17, 15) is 9.59 Å². The zero-order chi connectivity index (χ0) is 23.8. The van der Waals surface area contributed by atoms with Crippen molar-refractivity contribution in [2.75, 3.05) is 32.0 Å². The number of benzene rings is 2. The molecule has 0 radical (unpaired) electrons. The molecule has 1 heterocycles. The number of amides is 1. The van der Waals surface area contributed by atoms with Crippen LogP contribution >= 0.6 is 11.8 Å². The molecule has 0 aliphatic carbocycles. The summed E-state index contributed by atoms with van der Waals surface area (Å²) in [6.45, 7) is 1.94. The van der Waals surface area contributed by atoms with Crippen molar-refractivity contribution in [1.29, 1.82) is 0 Å². The Labute approximate surface area is 197 Å². The Morgan fingerprint density at radius 3 is 2.42 bits per heavy atom. The van der Waals surface area contributed by atoms with Crippen molar-refractivity contribution in [2.24, 2.45) is 4.99 Å². The Hall–Kier alpha value is -3.46. The van der Waals surface area contributed by atoms with Gasteiger partial charge in [-0.1, -0.05) is 30.8 Å². The van der Waals surface area contributed by atoms with Crippen LogP contribution in [0.25, 0.3) is 0 Å². The third-order valence-corrected chi connectivity index (χ3v) is 6.12. The van der Waals surface area contributed by atoms with Gasteiger partial charge in [0, 0.05) is 29.6 Å². The van der Waals surface area contributed by atoms with Crippen LogP contribution < -0.4 is 20.1 Å². The average molecular weight is 470 g/mol. The van der Waals surface area contributed by atoms with Crippen molar-refractivity contribution in [2.45, 2.75) is 25.0 Å². The van der Waals surface area contributed by atoms with Crippen LogP contribution in [0, 0.1) is 0 Å². The maximum Gasteiger partial charge on any atom is 0.311 e. The lowest BCUT2D eigenvalue weighted by molar-refractivity contribution is -0.139. The second kappa shape index (κ2) is 11.4. The van der Waals surface area contributed by atoms with E-state index in [2.05, 4.69) is 10.6 Å². The Morgan fingerprint density at radius 1 is 1.09 bits per heavy atom. The molecular weight excluding hydrogens is 442 g/mol. The molecule has 2 N–H and O–H groups in total. The van der Waals surface area contributed by atoms with Crippen LogP contribution in [0.2, 0.25) is 0 Å². The number of ether oxygens (including phenoxy) is 3. The van der Waals surface area contributed by atoms with Gasteiger partial charge in [-0.05, 0) is 24.6 Å². The number of hydrogen-bond acceptors (Lipinski definition) is 8. The van der Waals surface area contributed by atoms with Crippen LogP contribution in [-0.2, 0) is 14.3 Å². The molecule has 0 saturated heterocycles. The Balaban J connectivity index is 1.83. The summed E-state index contributed by atoms with van der Waals surface area (Å²) in [6, 6.07) is 12.7. The van der Waals surface area contributed by atoms with Crippen LogP contribution in [0.4, 0.5) is 17.1 Å². The first-order valence-electron chi connectivity index (χ1n) is 10.4. The summed E-state index contributed by atoms with van der Waals surface area (Å²) in [5.74, 6) is 0.622. The molecule has 1 aliphatic heterocycles. The molecule has 2 aromatic rings. The van der Waals surface area contributed by atoms with E-state index in [1.807, 2.05) is 31.2 Å². The van der Waals surface area contributed by atoms with Gasteiger partial charge < -0.3 is 24.8 Å². The van der Waals surface area contributed by atoms with Gasteiger partial charge in [-0.25, -0.2) is 4.99 Å². The molecule has 0 fully saturated rings. The molecule has 0 saturated carbocycles. The molecule has 1 atom stereocenters. The van der Waals surface area contributed by atoms with Gasteiger partial charge in [0.25, 0.3) is 0 Å². The minimum atomic E-state index is -0.415. The van der Waals surface area contributed by atoms with Crippen LogP contribution in [0.5, 0.6) is 11.5 Å². The quantitative estimate of drug-likeness (QED) is 0.538. The molecule has 8 nitrogen and oxygen atoms in total. The van der Waals surface area contributed by atoms with E-state index >= 15 is 0 Å². The summed E-state index contributed by atoms with van der Waals surface area (Å²) in [5.41, 5.74) is 2.73. The van der Waals surface area contributed by atoms with Gasteiger partial charge in [-0.3, -0.25) is 9.59 Å². The number of fused-ring (bicyclic) bond motifs is 1. The van der Waals surface area contributed by atoms with E-state index < -0.39 is 5.25 Å². The summed E-state index contributed by atoms with van der Waals surface area (Å²) in [5, 5.41) is 6.39. The number of para-hydroxylation sites is 2. The first kappa shape index (κ1) is 24.2. The molecule has 0 spiro atoms. The monoisotopic (exact) mass is 469 g/mol. The number of aliphatic imine (C=N–C) groups is 1. The van der Waals surface area contributed by atoms with Gasteiger partial charge in [0.05, 0.1) is 49.4 Å². The number of nitrogens with zero attached hydrogens (tertiary/aromatic N) is 1. The number of nitrogens with one attached hydrogen (secondary N) is 2. The molecule has 1 aliphatic rings. The minimum absolute atomic E-state index is 0.0665. The SMILES string of the molecule is CC[C@@H](SC1=Nc2ccccc2NC(CC(=O)OC)=C1)C(=O)Nc1cc(OC)cc(OC)c1. The predicted molar refractivity (Wildman–Crippen MR) is 132 cm³/mol. The summed E-state index contributed by atoms with van der Waals surface area (Å²) in [6.07, 6.45) is 2.43. The Bertz CT molecular complexity index is 1060. The highest BCUT2D eigenvalue weighted by molar-refractivity contribution is 8.15. The fraction of sp³-hybridized carbons (Fsp3) is 0.292.